The summed E-state index contributed by atoms with van der Waals surface area (Å²) < 4.78 is 10.3. The highest BCUT2D eigenvalue weighted by Crippen LogP contribution is 2.18. The first-order valence-electron chi connectivity index (χ1n) is 7.34. The average molecular weight is 315 g/mol. The molecule has 23 heavy (non-hydrogen) atoms. The summed E-state index contributed by atoms with van der Waals surface area (Å²) in [5.41, 5.74) is 1.56. The lowest BCUT2D eigenvalue weighted by Crippen LogP contribution is -2.29. The van der Waals surface area contributed by atoms with Crippen molar-refractivity contribution in [2.45, 2.75) is 12.5 Å². The lowest BCUT2D eigenvalue weighted by Gasteiger charge is -2.13. The van der Waals surface area contributed by atoms with Gasteiger partial charge in [0.2, 0.25) is 5.91 Å². The molecule has 2 rings (SSSR count). The second kappa shape index (κ2) is 8.19. The molecule has 0 aliphatic rings. The number of aliphatic hydroxyl groups excluding tert-OH is 1. The molecule has 5 heteroatoms. The van der Waals surface area contributed by atoms with Gasteiger partial charge in [-0.2, -0.15) is 0 Å². The molecule has 0 aliphatic carbocycles. The molecule has 0 unspecified atom stereocenters. The maximum Gasteiger partial charge on any atom is 0.224 e. The quantitative estimate of drug-likeness (QED) is 0.821. The first-order chi connectivity index (χ1) is 11.1. The van der Waals surface area contributed by atoms with Gasteiger partial charge in [0.15, 0.2) is 0 Å². The molecule has 0 saturated heterocycles. The van der Waals surface area contributed by atoms with Crippen molar-refractivity contribution in [2.24, 2.45) is 0 Å². The number of benzene rings is 2. The Bertz CT molecular complexity index is 657. The van der Waals surface area contributed by atoms with E-state index in [1.54, 1.807) is 38.5 Å². The number of nitrogens with one attached hydrogen (secondary N) is 1. The highest BCUT2D eigenvalue weighted by molar-refractivity contribution is 5.78. The van der Waals surface area contributed by atoms with Gasteiger partial charge in [0.25, 0.3) is 0 Å². The highest BCUT2D eigenvalue weighted by atomic mass is 16.5. The molecule has 0 spiro atoms. The molecule has 2 N–H and O–H groups in total. The average Bonchev–Trinajstić information content (AvgIpc) is 2.59. The number of rotatable bonds is 7. The standard InChI is InChI=1S/C18H21NO4/c1-22-15-7-3-5-13(9-15)10-18(21)19-12-17(20)14-6-4-8-16(11-14)23-2/h3-9,11,17,20H,10,12H2,1-2H3,(H,19,21)/t17-/m0/s1. The molecule has 1 amide bonds. The maximum atomic E-state index is 12.0. The van der Waals surface area contributed by atoms with Crippen LogP contribution in [0.2, 0.25) is 0 Å². The molecule has 2 aromatic carbocycles. The minimum atomic E-state index is -0.778. The van der Waals surface area contributed by atoms with Crippen molar-refractivity contribution in [3.63, 3.8) is 0 Å². The van der Waals surface area contributed by atoms with E-state index in [4.69, 9.17) is 9.47 Å². The van der Waals surface area contributed by atoms with E-state index in [1.165, 1.54) is 0 Å². The SMILES string of the molecule is COc1cccc(CC(=O)NC[C@H](O)c2cccc(OC)c2)c1. The first kappa shape index (κ1) is 16.8. The number of hydrogen-bond donors (Lipinski definition) is 2. The Hall–Kier alpha value is -2.53. The summed E-state index contributed by atoms with van der Waals surface area (Å²) in [6.07, 6.45) is -0.540. The van der Waals surface area contributed by atoms with E-state index >= 15 is 0 Å². The van der Waals surface area contributed by atoms with Crippen LogP contribution in [0.1, 0.15) is 17.2 Å². The van der Waals surface area contributed by atoms with Gasteiger partial charge < -0.3 is 19.9 Å². The molecule has 5 nitrogen and oxygen atoms in total. The van der Waals surface area contributed by atoms with Crippen molar-refractivity contribution in [1.29, 1.82) is 0 Å². The normalized spacial score (nSPS) is 11.6. The number of amides is 1. The monoisotopic (exact) mass is 315 g/mol. The second-order valence-corrected chi connectivity index (χ2v) is 5.12. The molecule has 0 saturated carbocycles. The molecule has 0 aromatic heterocycles. The predicted molar refractivity (Wildman–Crippen MR) is 87.7 cm³/mol. The number of aliphatic hydroxyl groups is 1. The fourth-order valence-electron chi connectivity index (χ4n) is 2.21. The molecule has 0 bridgehead atoms. The first-order valence-corrected chi connectivity index (χ1v) is 7.34. The summed E-state index contributed by atoms with van der Waals surface area (Å²) in [6.45, 7) is 0.149. The van der Waals surface area contributed by atoms with E-state index in [0.717, 1.165) is 5.56 Å². The van der Waals surface area contributed by atoms with Gasteiger partial charge in [0.05, 0.1) is 26.7 Å². The van der Waals surface area contributed by atoms with Gasteiger partial charge >= 0.3 is 0 Å². The topological polar surface area (TPSA) is 67.8 Å². The summed E-state index contributed by atoms with van der Waals surface area (Å²) in [5, 5.41) is 12.9. The van der Waals surface area contributed by atoms with E-state index in [9.17, 15) is 9.90 Å². The van der Waals surface area contributed by atoms with Crippen molar-refractivity contribution >= 4 is 5.91 Å². The fourth-order valence-corrected chi connectivity index (χ4v) is 2.21. The van der Waals surface area contributed by atoms with Crippen molar-refractivity contribution in [3.05, 3.63) is 59.7 Å². The second-order valence-electron chi connectivity index (χ2n) is 5.12. The van der Waals surface area contributed by atoms with Gasteiger partial charge in [-0.15, -0.1) is 0 Å². The van der Waals surface area contributed by atoms with E-state index in [1.807, 2.05) is 24.3 Å². The molecular weight excluding hydrogens is 294 g/mol. The van der Waals surface area contributed by atoms with Crippen LogP contribution in [0.15, 0.2) is 48.5 Å². The molecule has 2 aromatic rings. The summed E-state index contributed by atoms with van der Waals surface area (Å²) in [7, 11) is 3.16. The Morgan fingerprint density at radius 3 is 2.43 bits per heavy atom. The van der Waals surface area contributed by atoms with Gasteiger partial charge in [-0.25, -0.2) is 0 Å². The molecule has 1 atom stereocenters. The number of carbonyl (C=O) groups excluding carboxylic acids is 1. The Labute approximate surface area is 135 Å². The smallest absolute Gasteiger partial charge is 0.224 e. The minimum absolute atomic E-state index is 0.149. The molecule has 0 fully saturated rings. The van der Waals surface area contributed by atoms with Crippen LogP contribution in [0.5, 0.6) is 11.5 Å². The summed E-state index contributed by atoms with van der Waals surface area (Å²) >= 11 is 0. The van der Waals surface area contributed by atoms with Gasteiger partial charge in [-0.3, -0.25) is 4.79 Å². The molecule has 0 heterocycles. The zero-order chi connectivity index (χ0) is 16.7. The highest BCUT2D eigenvalue weighted by Gasteiger charge is 2.11. The third-order valence-electron chi connectivity index (χ3n) is 3.47. The van der Waals surface area contributed by atoms with E-state index in [-0.39, 0.29) is 18.9 Å². The van der Waals surface area contributed by atoms with Crippen molar-refractivity contribution in [1.82, 2.24) is 5.32 Å². The maximum absolute atomic E-state index is 12.0. The van der Waals surface area contributed by atoms with Crippen LogP contribution in [-0.2, 0) is 11.2 Å². The summed E-state index contributed by atoms with van der Waals surface area (Å²) in [4.78, 5) is 12.0. The van der Waals surface area contributed by atoms with Crippen LogP contribution in [0.25, 0.3) is 0 Å². The van der Waals surface area contributed by atoms with Crippen molar-refractivity contribution in [2.75, 3.05) is 20.8 Å². The Morgan fingerprint density at radius 2 is 1.74 bits per heavy atom. The largest absolute Gasteiger partial charge is 0.497 e. The molecule has 0 aliphatic heterocycles. The van der Waals surface area contributed by atoms with Crippen LogP contribution < -0.4 is 14.8 Å². The zero-order valence-electron chi connectivity index (χ0n) is 13.3. The van der Waals surface area contributed by atoms with Crippen LogP contribution >= 0.6 is 0 Å². The summed E-state index contributed by atoms with van der Waals surface area (Å²) in [5.74, 6) is 1.23. The van der Waals surface area contributed by atoms with Gasteiger partial charge in [0, 0.05) is 6.54 Å². The zero-order valence-corrected chi connectivity index (χ0v) is 13.3. The third-order valence-corrected chi connectivity index (χ3v) is 3.47. The number of carbonyl (C=O) groups is 1. The van der Waals surface area contributed by atoms with Gasteiger partial charge in [0.1, 0.15) is 11.5 Å². The van der Waals surface area contributed by atoms with Crippen LogP contribution in [0.3, 0.4) is 0 Å². The van der Waals surface area contributed by atoms with E-state index in [0.29, 0.717) is 17.1 Å². The van der Waals surface area contributed by atoms with Gasteiger partial charge in [-0.1, -0.05) is 24.3 Å². The van der Waals surface area contributed by atoms with E-state index < -0.39 is 6.10 Å². The van der Waals surface area contributed by atoms with Crippen LogP contribution in [0.4, 0.5) is 0 Å². The van der Waals surface area contributed by atoms with Crippen LogP contribution in [0, 0.1) is 0 Å². The minimum Gasteiger partial charge on any atom is -0.497 e. The Morgan fingerprint density at radius 1 is 1.09 bits per heavy atom. The lowest BCUT2D eigenvalue weighted by atomic mass is 10.1. The number of hydrogen-bond acceptors (Lipinski definition) is 4. The van der Waals surface area contributed by atoms with Crippen molar-refractivity contribution < 1.29 is 19.4 Å². The molecular formula is C18H21NO4. The number of ether oxygens (including phenoxy) is 2. The molecule has 122 valence electrons. The predicted octanol–water partition coefficient (Wildman–Crippen LogP) is 2.10. The summed E-state index contributed by atoms with van der Waals surface area (Å²) in [6, 6.07) is 14.5. The fraction of sp³-hybridized carbons (Fsp3) is 0.278. The lowest BCUT2D eigenvalue weighted by molar-refractivity contribution is -0.120. The Balaban J connectivity index is 1.87. The van der Waals surface area contributed by atoms with Crippen LogP contribution in [-0.4, -0.2) is 31.8 Å². The Kier molecular flexibility index (Phi) is 6.00. The van der Waals surface area contributed by atoms with Crippen molar-refractivity contribution in [3.8, 4) is 11.5 Å². The van der Waals surface area contributed by atoms with E-state index in [2.05, 4.69) is 5.32 Å². The molecule has 0 radical (unpaired) electrons. The number of methoxy groups -OCH3 is 2. The van der Waals surface area contributed by atoms with Gasteiger partial charge in [-0.05, 0) is 35.4 Å². The third kappa shape index (κ3) is 5.00.